The molecule has 0 radical (unpaired) electrons. The van der Waals surface area contributed by atoms with Gasteiger partial charge in [0.2, 0.25) is 0 Å². The number of hydrogen-bond donors (Lipinski definition) is 2. The van der Waals surface area contributed by atoms with Gasteiger partial charge in [0.15, 0.2) is 0 Å². The molecule has 2 amide bonds. The number of benzene rings is 2. The van der Waals surface area contributed by atoms with Crippen molar-refractivity contribution in [1.29, 1.82) is 0 Å². The van der Waals surface area contributed by atoms with E-state index in [0.29, 0.717) is 31.8 Å². The maximum Gasteiger partial charge on any atom is 0.266 e. The fourth-order valence-electron chi connectivity index (χ4n) is 3.86. The Hall–Kier alpha value is -2.77. The second-order valence-corrected chi connectivity index (χ2v) is 8.49. The molecule has 5 nitrogen and oxygen atoms in total. The highest BCUT2D eigenvalue weighted by molar-refractivity contribution is 7.21. The van der Waals surface area contributed by atoms with Gasteiger partial charge in [0, 0.05) is 40.1 Å². The number of nitrogens with one attached hydrogen (secondary N) is 2. The lowest BCUT2D eigenvalue weighted by molar-refractivity contribution is 0.0937. The van der Waals surface area contributed by atoms with Crippen LogP contribution >= 0.6 is 11.3 Å². The van der Waals surface area contributed by atoms with Crippen LogP contribution < -0.4 is 10.6 Å². The Kier molecular flexibility index (Phi) is 6.11. The summed E-state index contributed by atoms with van der Waals surface area (Å²) < 4.78 is 20.2. The van der Waals surface area contributed by atoms with E-state index >= 15 is 0 Å². The average Bonchev–Trinajstić information content (AvgIpc) is 3.37. The van der Waals surface area contributed by atoms with Crippen molar-refractivity contribution in [2.24, 2.45) is 0 Å². The summed E-state index contributed by atoms with van der Waals surface area (Å²) in [5.41, 5.74) is 1.67. The van der Waals surface area contributed by atoms with E-state index in [2.05, 4.69) is 10.6 Å². The van der Waals surface area contributed by atoms with Crippen LogP contribution in [0.3, 0.4) is 0 Å². The second-order valence-electron chi connectivity index (χ2n) is 7.44. The maximum absolute atomic E-state index is 14.3. The summed E-state index contributed by atoms with van der Waals surface area (Å²) in [5.74, 6) is -0.791. The fourth-order valence-corrected chi connectivity index (χ4v) is 4.98. The highest BCUT2D eigenvalue weighted by Crippen LogP contribution is 2.34. The summed E-state index contributed by atoms with van der Waals surface area (Å²) in [6, 6.07) is 11.8. The molecule has 1 aliphatic carbocycles. The molecule has 1 aliphatic rings. The third kappa shape index (κ3) is 4.22. The highest BCUT2D eigenvalue weighted by atomic mass is 32.1. The first-order valence-electron chi connectivity index (χ1n) is 9.98. The molecular weight excluding hydrogens is 403 g/mol. The number of methoxy groups -OCH3 is 1. The zero-order chi connectivity index (χ0) is 21.1. The van der Waals surface area contributed by atoms with E-state index in [-0.39, 0.29) is 30.3 Å². The van der Waals surface area contributed by atoms with Crippen LogP contribution in [0.1, 0.15) is 51.3 Å². The second kappa shape index (κ2) is 8.93. The number of carbonyl (C=O) groups is 2. The highest BCUT2D eigenvalue weighted by Gasteiger charge is 2.21. The lowest BCUT2D eigenvalue weighted by Crippen LogP contribution is -2.32. The van der Waals surface area contributed by atoms with Crippen LogP contribution in [0.25, 0.3) is 10.1 Å². The zero-order valence-electron chi connectivity index (χ0n) is 16.7. The predicted molar refractivity (Wildman–Crippen MR) is 117 cm³/mol. The first-order valence-corrected chi connectivity index (χ1v) is 10.8. The number of fused-ring (bicyclic) bond motifs is 1. The normalized spacial score (nSPS) is 14.2. The number of anilines is 1. The van der Waals surface area contributed by atoms with Gasteiger partial charge in [-0.25, -0.2) is 4.39 Å². The SMILES string of the molecule is COCc1c(C(=O)Nc2ccc(C(=O)NC3CCCC3)cc2)sc2cccc(F)c12. The fraction of sp³-hybridized carbons (Fsp3) is 0.304. The Morgan fingerprint density at radius 2 is 1.83 bits per heavy atom. The van der Waals surface area contributed by atoms with Crippen LogP contribution in [-0.2, 0) is 11.3 Å². The molecular formula is C23H23FN2O3S. The van der Waals surface area contributed by atoms with Crippen molar-refractivity contribution in [3.8, 4) is 0 Å². The average molecular weight is 427 g/mol. The van der Waals surface area contributed by atoms with Gasteiger partial charge < -0.3 is 15.4 Å². The number of ether oxygens (including phenoxy) is 1. The molecule has 30 heavy (non-hydrogen) atoms. The summed E-state index contributed by atoms with van der Waals surface area (Å²) in [6.07, 6.45) is 4.37. The van der Waals surface area contributed by atoms with E-state index in [0.717, 1.165) is 25.7 Å². The van der Waals surface area contributed by atoms with Gasteiger partial charge in [0.25, 0.3) is 11.8 Å². The minimum Gasteiger partial charge on any atom is -0.380 e. The van der Waals surface area contributed by atoms with E-state index in [1.807, 2.05) is 0 Å². The molecule has 4 rings (SSSR count). The first-order chi connectivity index (χ1) is 14.6. The van der Waals surface area contributed by atoms with Crippen LogP contribution in [0.15, 0.2) is 42.5 Å². The third-order valence-electron chi connectivity index (χ3n) is 5.35. The number of hydrogen-bond acceptors (Lipinski definition) is 4. The lowest BCUT2D eigenvalue weighted by Gasteiger charge is -2.12. The Morgan fingerprint density at radius 1 is 1.10 bits per heavy atom. The molecule has 0 atom stereocenters. The van der Waals surface area contributed by atoms with E-state index in [4.69, 9.17) is 4.74 Å². The standard InChI is InChI=1S/C23H23FN2O3S/c1-29-13-17-20-18(24)7-4-8-19(20)30-21(17)23(28)26-16-11-9-14(10-12-16)22(27)25-15-5-2-3-6-15/h4,7-12,15H,2-3,5-6,13H2,1H3,(H,25,27)(H,26,28). The first kappa shape index (κ1) is 20.5. The van der Waals surface area contributed by atoms with Gasteiger partial charge in [0.05, 0.1) is 11.5 Å². The minimum absolute atomic E-state index is 0.0952. The van der Waals surface area contributed by atoms with Crippen LogP contribution in [-0.4, -0.2) is 25.0 Å². The minimum atomic E-state index is -0.368. The number of rotatable bonds is 6. The van der Waals surface area contributed by atoms with Crippen molar-refractivity contribution in [3.63, 3.8) is 0 Å². The van der Waals surface area contributed by atoms with Gasteiger partial charge in [-0.15, -0.1) is 11.3 Å². The topological polar surface area (TPSA) is 67.4 Å². The van der Waals surface area contributed by atoms with Gasteiger partial charge in [-0.2, -0.15) is 0 Å². The van der Waals surface area contributed by atoms with Crippen molar-refractivity contribution >= 4 is 38.9 Å². The molecule has 0 bridgehead atoms. The zero-order valence-corrected chi connectivity index (χ0v) is 17.5. The predicted octanol–water partition coefficient (Wildman–Crippen LogP) is 5.11. The summed E-state index contributed by atoms with van der Waals surface area (Å²) in [6.45, 7) is 0.143. The van der Waals surface area contributed by atoms with Gasteiger partial charge in [-0.05, 0) is 49.2 Å². The van der Waals surface area contributed by atoms with Gasteiger partial charge in [0.1, 0.15) is 5.82 Å². The van der Waals surface area contributed by atoms with Crippen LogP contribution in [0.2, 0.25) is 0 Å². The van der Waals surface area contributed by atoms with Crippen molar-refractivity contribution in [3.05, 3.63) is 64.3 Å². The lowest BCUT2D eigenvalue weighted by atomic mass is 10.1. The van der Waals surface area contributed by atoms with Crippen molar-refractivity contribution < 1.29 is 18.7 Å². The molecule has 1 aromatic heterocycles. The molecule has 0 spiro atoms. The third-order valence-corrected chi connectivity index (χ3v) is 6.55. The smallest absolute Gasteiger partial charge is 0.266 e. The largest absolute Gasteiger partial charge is 0.380 e. The molecule has 156 valence electrons. The van der Waals surface area contributed by atoms with Gasteiger partial charge >= 0.3 is 0 Å². The molecule has 1 fully saturated rings. The van der Waals surface area contributed by atoms with Crippen molar-refractivity contribution in [1.82, 2.24) is 5.32 Å². The Balaban J connectivity index is 1.50. The van der Waals surface area contributed by atoms with Gasteiger partial charge in [-0.3, -0.25) is 9.59 Å². The van der Waals surface area contributed by atoms with Crippen molar-refractivity contribution in [2.45, 2.75) is 38.3 Å². The molecule has 2 N–H and O–H groups in total. The molecule has 1 saturated carbocycles. The Morgan fingerprint density at radius 3 is 2.53 bits per heavy atom. The number of halogens is 1. The van der Waals surface area contributed by atoms with Crippen LogP contribution in [0.4, 0.5) is 10.1 Å². The molecule has 0 saturated heterocycles. The summed E-state index contributed by atoms with van der Waals surface area (Å²) in [7, 11) is 1.52. The Bertz CT molecular complexity index is 1070. The van der Waals surface area contributed by atoms with E-state index in [9.17, 15) is 14.0 Å². The molecule has 0 unspecified atom stereocenters. The molecule has 1 heterocycles. The quantitative estimate of drug-likeness (QED) is 0.575. The van der Waals surface area contributed by atoms with E-state index < -0.39 is 0 Å². The summed E-state index contributed by atoms with van der Waals surface area (Å²) in [4.78, 5) is 25.7. The van der Waals surface area contributed by atoms with Crippen LogP contribution in [0.5, 0.6) is 0 Å². The Labute approximate surface area is 178 Å². The van der Waals surface area contributed by atoms with Gasteiger partial charge in [-0.1, -0.05) is 18.9 Å². The molecule has 3 aromatic rings. The summed E-state index contributed by atoms with van der Waals surface area (Å²) >= 11 is 1.23. The number of amides is 2. The van der Waals surface area contributed by atoms with Crippen LogP contribution in [0, 0.1) is 5.82 Å². The monoisotopic (exact) mass is 426 g/mol. The van der Waals surface area contributed by atoms with E-state index in [1.165, 1.54) is 24.5 Å². The molecule has 2 aromatic carbocycles. The maximum atomic E-state index is 14.3. The molecule has 0 aliphatic heterocycles. The van der Waals surface area contributed by atoms with Crippen molar-refractivity contribution in [2.75, 3.05) is 12.4 Å². The summed E-state index contributed by atoms with van der Waals surface area (Å²) in [5, 5.41) is 6.31. The van der Waals surface area contributed by atoms with E-state index in [1.54, 1.807) is 36.4 Å². The number of carbonyl (C=O) groups excluding carboxylic acids is 2. The number of thiophene rings is 1. The molecule has 7 heteroatoms.